The number of fused-ring (bicyclic) bond motifs is 1. The molecule has 2 aliphatic heterocycles. The number of hydrogen-bond acceptors (Lipinski definition) is 7. The molecule has 10 nitrogen and oxygen atoms in total. The van der Waals surface area contributed by atoms with Crippen LogP contribution in [0.15, 0.2) is 36.5 Å². The molecule has 3 aliphatic rings. The maximum atomic E-state index is 13.1. The number of nitrogens with one attached hydrogen (secondary N) is 1. The molecule has 1 spiro atoms. The van der Waals surface area contributed by atoms with Gasteiger partial charge in [-0.05, 0) is 109 Å². The van der Waals surface area contributed by atoms with Crippen LogP contribution >= 0.6 is 0 Å². The van der Waals surface area contributed by atoms with Crippen LogP contribution in [0.4, 0.5) is 23.7 Å². The number of hydrogen-bond donors (Lipinski definition) is 1. The third-order valence-electron chi connectivity index (χ3n) is 10.3. The Morgan fingerprint density at radius 2 is 1.58 bits per heavy atom. The monoisotopic (exact) mass is 670 g/mol. The van der Waals surface area contributed by atoms with Gasteiger partial charge in [-0.2, -0.15) is 18.3 Å². The van der Waals surface area contributed by atoms with Gasteiger partial charge in [0.1, 0.15) is 22.7 Å². The molecular weight excluding hydrogens is 625 g/mol. The summed E-state index contributed by atoms with van der Waals surface area (Å²) in [6.07, 6.45) is 5.73. The predicted octanol–water partition coefficient (Wildman–Crippen LogP) is 7.31. The number of ether oxygens (including phenoxy) is 2. The minimum atomic E-state index is -4.65. The number of benzene rings is 1. The Labute approximate surface area is 278 Å². The summed E-state index contributed by atoms with van der Waals surface area (Å²) in [5.41, 5.74) is -0.581. The highest BCUT2D eigenvalue weighted by molar-refractivity contribution is 6.05. The zero-order chi connectivity index (χ0) is 34.3. The molecule has 0 unspecified atom stereocenters. The molecular formula is C35H45F3N6O4. The van der Waals surface area contributed by atoms with Crippen molar-refractivity contribution in [3.63, 3.8) is 0 Å². The van der Waals surface area contributed by atoms with Crippen LogP contribution in [-0.2, 0) is 10.9 Å². The van der Waals surface area contributed by atoms with Crippen molar-refractivity contribution in [2.75, 3.05) is 38.6 Å². The molecule has 1 saturated carbocycles. The number of carbonyl (C=O) groups is 2. The van der Waals surface area contributed by atoms with Gasteiger partial charge in [0.25, 0.3) is 5.91 Å². The highest BCUT2D eigenvalue weighted by Crippen LogP contribution is 2.43. The number of methoxy groups -OCH3 is 1. The maximum Gasteiger partial charge on any atom is 0.433 e. The molecule has 6 rings (SSSR count). The molecule has 13 heteroatoms. The molecule has 3 aromatic rings. The molecule has 1 aliphatic carbocycles. The van der Waals surface area contributed by atoms with E-state index in [1.165, 1.54) is 26.0 Å². The van der Waals surface area contributed by atoms with Gasteiger partial charge >= 0.3 is 12.3 Å². The highest BCUT2D eigenvalue weighted by atomic mass is 19.4. The first-order chi connectivity index (χ1) is 22.7. The summed E-state index contributed by atoms with van der Waals surface area (Å²) in [4.78, 5) is 33.4. The van der Waals surface area contributed by atoms with Crippen molar-refractivity contribution in [2.24, 2.45) is 5.41 Å². The molecule has 0 atom stereocenters. The SMILES string of the molecule is COc1cc2nn(C3CCC(N4CCC5(CCN(C(=O)OC(C)(C)C)CC5)CC4)CC3)cc2cc1NC(=O)c1cccc(C(F)(F)F)n1. The molecule has 4 heterocycles. The first-order valence-electron chi connectivity index (χ1n) is 16.9. The lowest BCUT2D eigenvalue weighted by Crippen LogP contribution is -2.51. The van der Waals surface area contributed by atoms with Crippen molar-refractivity contribution in [1.29, 1.82) is 0 Å². The number of amides is 2. The molecule has 0 radical (unpaired) electrons. The number of aromatic nitrogens is 3. The number of halogens is 3. The summed E-state index contributed by atoms with van der Waals surface area (Å²) in [5.74, 6) is -0.408. The summed E-state index contributed by atoms with van der Waals surface area (Å²) in [6, 6.07) is 7.49. The highest BCUT2D eigenvalue weighted by Gasteiger charge is 2.41. The molecule has 1 aromatic carbocycles. The number of alkyl halides is 3. The summed E-state index contributed by atoms with van der Waals surface area (Å²) < 4.78 is 52.4. The normalized spacial score (nSPS) is 22.1. The van der Waals surface area contributed by atoms with Crippen LogP contribution in [0.3, 0.4) is 0 Å². The van der Waals surface area contributed by atoms with Crippen molar-refractivity contribution in [3.05, 3.63) is 47.9 Å². The van der Waals surface area contributed by atoms with Crippen molar-refractivity contribution >= 4 is 28.6 Å². The van der Waals surface area contributed by atoms with E-state index in [1.807, 2.05) is 36.5 Å². The number of pyridine rings is 1. The fourth-order valence-corrected chi connectivity index (χ4v) is 7.47. The standard InChI is InChI=1S/C35H45F3N6O4/c1-33(2,3)48-32(46)43-18-14-34(15-19-43)12-16-42(17-13-34)24-8-10-25(11-9-24)44-22-23-20-28(29(47-4)21-27(23)41-44)40-31(45)26-6-5-7-30(39-26)35(36,37)38/h5-7,20-22,24-25H,8-19H2,1-4H3,(H,40,45). The number of nitrogens with zero attached hydrogens (tertiary/aromatic N) is 5. The molecule has 48 heavy (non-hydrogen) atoms. The molecule has 1 N–H and O–H groups in total. The minimum absolute atomic E-state index is 0.199. The zero-order valence-corrected chi connectivity index (χ0v) is 28.1. The fraction of sp³-hybridized carbons (Fsp3) is 0.600. The van der Waals surface area contributed by atoms with Crippen molar-refractivity contribution < 1.29 is 32.2 Å². The quantitative estimate of drug-likeness (QED) is 0.304. The second kappa shape index (κ2) is 13.2. The van der Waals surface area contributed by atoms with Gasteiger partial charge in [0.15, 0.2) is 0 Å². The average molecular weight is 671 g/mol. The van der Waals surface area contributed by atoms with Crippen LogP contribution in [0.25, 0.3) is 10.9 Å². The largest absolute Gasteiger partial charge is 0.494 e. The van der Waals surface area contributed by atoms with Crippen LogP contribution in [0.2, 0.25) is 0 Å². The summed E-state index contributed by atoms with van der Waals surface area (Å²) in [6.45, 7) is 9.44. The van der Waals surface area contributed by atoms with E-state index in [0.717, 1.165) is 82.2 Å². The van der Waals surface area contributed by atoms with Gasteiger partial charge in [-0.25, -0.2) is 9.78 Å². The zero-order valence-electron chi connectivity index (χ0n) is 28.1. The molecule has 2 amide bonds. The van der Waals surface area contributed by atoms with Crippen molar-refractivity contribution in [1.82, 2.24) is 24.6 Å². The van der Waals surface area contributed by atoms with Crippen molar-refractivity contribution in [3.8, 4) is 5.75 Å². The van der Waals surface area contributed by atoms with E-state index in [0.29, 0.717) is 28.4 Å². The first-order valence-corrected chi connectivity index (χ1v) is 16.9. The molecule has 0 bridgehead atoms. The Morgan fingerprint density at radius 3 is 2.21 bits per heavy atom. The summed E-state index contributed by atoms with van der Waals surface area (Å²) >= 11 is 0. The number of likely N-dealkylation sites (tertiary alicyclic amines) is 2. The summed E-state index contributed by atoms with van der Waals surface area (Å²) in [7, 11) is 1.47. The molecule has 260 valence electrons. The number of carbonyl (C=O) groups excluding carboxylic acids is 2. The Bertz CT molecular complexity index is 1630. The Balaban J connectivity index is 1.03. The number of anilines is 1. The number of piperidine rings is 2. The molecule has 2 saturated heterocycles. The molecule has 2 aromatic heterocycles. The third-order valence-corrected chi connectivity index (χ3v) is 10.3. The lowest BCUT2D eigenvalue weighted by molar-refractivity contribution is -0.141. The first kappa shape index (κ1) is 34.0. The molecule has 3 fully saturated rings. The Kier molecular flexibility index (Phi) is 9.36. The van der Waals surface area contributed by atoms with E-state index in [4.69, 9.17) is 14.6 Å². The van der Waals surface area contributed by atoms with Crippen LogP contribution < -0.4 is 10.1 Å². The number of rotatable bonds is 5. The minimum Gasteiger partial charge on any atom is -0.494 e. The Hall–Kier alpha value is -3.87. The Morgan fingerprint density at radius 1 is 0.938 bits per heavy atom. The second-order valence-corrected chi connectivity index (χ2v) is 14.5. The van der Waals surface area contributed by atoms with E-state index in [1.54, 1.807) is 12.1 Å². The van der Waals surface area contributed by atoms with Gasteiger partial charge in [0, 0.05) is 36.8 Å². The van der Waals surface area contributed by atoms with E-state index >= 15 is 0 Å². The average Bonchev–Trinajstić information content (AvgIpc) is 3.47. The topological polar surface area (TPSA) is 102 Å². The van der Waals surface area contributed by atoms with E-state index in [9.17, 15) is 22.8 Å². The van der Waals surface area contributed by atoms with Gasteiger partial charge < -0.3 is 24.6 Å². The van der Waals surface area contributed by atoms with Crippen LogP contribution in [0.5, 0.6) is 5.75 Å². The van der Waals surface area contributed by atoms with Gasteiger partial charge in [-0.3, -0.25) is 9.48 Å². The van der Waals surface area contributed by atoms with Crippen LogP contribution in [-0.4, -0.2) is 81.5 Å². The maximum absolute atomic E-state index is 13.1. The van der Waals surface area contributed by atoms with Gasteiger partial charge in [-0.15, -0.1) is 0 Å². The van der Waals surface area contributed by atoms with E-state index in [-0.39, 0.29) is 17.8 Å². The van der Waals surface area contributed by atoms with E-state index in [2.05, 4.69) is 15.2 Å². The summed E-state index contributed by atoms with van der Waals surface area (Å²) in [5, 5.41) is 8.28. The van der Waals surface area contributed by atoms with E-state index < -0.39 is 23.4 Å². The van der Waals surface area contributed by atoms with Crippen LogP contribution in [0, 0.1) is 5.41 Å². The van der Waals surface area contributed by atoms with Gasteiger partial charge in [0.05, 0.1) is 24.4 Å². The van der Waals surface area contributed by atoms with Gasteiger partial charge in [0.2, 0.25) is 0 Å². The van der Waals surface area contributed by atoms with Crippen LogP contribution in [0.1, 0.15) is 94.4 Å². The second-order valence-electron chi connectivity index (χ2n) is 14.5. The third kappa shape index (κ3) is 7.55. The van der Waals surface area contributed by atoms with Gasteiger partial charge in [-0.1, -0.05) is 6.07 Å². The predicted molar refractivity (Wildman–Crippen MR) is 175 cm³/mol. The lowest BCUT2D eigenvalue weighted by atomic mass is 9.71. The lowest BCUT2D eigenvalue weighted by Gasteiger charge is -2.49. The fourth-order valence-electron chi connectivity index (χ4n) is 7.47. The smallest absolute Gasteiger partial charge is 0.433 e. The van der Waals surface area contributed by atoms with Crippen molar-refractivity contribution in [2.45, 2.75) is 96.0 Å².